The first kappa shape index (κ1) is 9.01. The molecule has 0 saturated carbocycles. The van der Waals surface area contributed by atoms with Crippen LogP contribution < -0.4 is 11.1 Å². The molecule has 2 unspecified atom stereocenters. The van der Waals surface area contributed by atoms with E-state index in [0.717, 1.165) is 12.5 Å². The maximum absolute atomic E-state index is 5.83. The summed E-state index contributed by atoms with van der Waals surface area (Å²) in [7, 11) is 0. The van der Waals surface area contributed by atoms with Crippen LogP contribution in [0.4, 0.5) is 0 Å². The minimum Gasteiger partial charge on any atom is -0.327 e. The SMILES string of the molecule is CCCCC1CNCC(N)C1. The standard InChI is InChI=1S/C9H20N2/c1-2-3-4-8-5-9(10)7-11-6-8/h8-9,11H,2-7,10H2,1H3. The fraction of sp³-hybridized carbons (Fsp3) is 1.00. The molecule has 1 aliphatic rings. The van der Waals surface area contributed by atoms with Gasteiger partial charge in [0, 0.05) is 12.6 Å². The Morgan fingerprint density at radius 1 is 1.45 bits per heavy atom. The molecule has 2 heteroatoms. The van der Waals surface area contributed by atoms with E-state index in [1.54, 1.807) is 0 Å². The van der Waals surface area contributed by atoms with Crippen LogP contribution in [0.15, 0.2) is 0 Å². The van der Waals surface area contributed by atoms with Crippen LogP contribution in [0.3, 0.4) is 0 Å². The van der Waals surface area contributed by atoms with Crippen LogP contribution in [-0.4, -0.2) is 19.1 Å². The molecule has 0 aromatic heterocycles. The number of hydrogen-bond donors (Lipinski definition) is 2. The molecule has 1 heterocycles. The monoisotopic (exact) mass is 156 g/mol. The average Bonchev–Trinajstić information content (AvgIpc) is 2.01. The lowest BCUT2D eigenvalue weighted by molar-refractivity contribution is 0.319. The molecule has 0 bridgehead atoms. The Morgan fingerprint density at radius 2 is 2.27 bits per heavy atom. The van der Waals surface area contributed by atoms with Crippen molar-refractivity contribution in [3.63, 3.8) is 0 Å². The van der Waals surface area contributed by atoms with E-state index in [1.807, 2.05) is 0 Å². The molecule has 0 radical (unpaired) electrons. The lowest BCUT2D eigenvalue weighted by Crippen LogP contribution is -2.43. The second-order valence-corrected chi connectivity index (χ2v) is 3.66. The largest absolute Gasteiger partial charge is 0.327 e. The summed E-state index contributed by atoms with van der Waals surface area (Å²) < 4.78 is 0. The molecule has 1 aliphatic heterocycles. The van der Waals surface area contributed by atoms with Gasteiger partial charge in [0.25, 0.3) is 0 Å². The molecule has 2 nitrogen and oxygen atoms in total. The van der Waals surface area contributed by atoms with Gasteiger partial charge in [0.05, 0.1) is 0 Å². The highest BCUT2D eigenvalue weighted by molar-refractivity contribution is 4.77. The topological polar surface area (TPSA) is 38.0 Å². The van der Waals surface area contributed by atoms with E-state index in [0.29, 0.717) is 6.04 Å². The molecule has 2 atom stereocenters. The van der Waals surface area contributed by atoms with Gasteiger partial charge in [-0.05, 0) is 25.3 Å². The molecule has 1 fully saturated rings. The molecular formula is C9H20N2. The van der Waals surface area contributed by atoms with Crippen molar-refractivity contribution >= 4 is 0 Å². The molecule has 3 N–H and O–H groups in total. The summed E-state index contributed by atoms with van der Waals surface area (Å²) in [6.07, 6.45) is 5.26. The first-order chi connectivity index (χ1) is 5.33. The molecule has 0 spiro atoms. The average molecular weight is 156 g/mol. The molecule has 1 rings (SSSR count). The maximum atomic E-state index is 5.83. The summed E-state index contributed by atoms with van der Waals surface area (Å²) in [6.45, 7) is 4.45. The summed E-state index contributed by atoms with van der Waals surface area (Å²) in [4.78, 5) is 0. The Morgan fingerprint density at radius 3 is 2.91 bits per heavy atom. The molecule has 0 aromatic carbocycles. The highest BCUT2D eigenvalue weighted by Gasteiger charge is 2.17. The molecule has 0 amide bonds. The first-order valence-electron chi connectivity index (χ1n) is 4.79. The fourth-order valence-electron chi connectivity index (χ4n) is 1.78. The molecule has 66 valence electrons. The van der Waals surface area contributed by atoms with Crippen LogP contribution >= 0.6 is 0 Å². The zero-order chi connectivity index (χ0) is 8.10. The third-order valence-corrected chi connectivity index (χ3v) is 2.44. The van der Waals surface area contributed by atoms with Crippen LogP contribution in [-0.2, 0) is 0 Å². The Kier molecular flexibility index (Phi) is 3.87. The van der Waals surface area contributed by atoms with E-state index in [1.165, 1.54) is 32.2 Å². The summed E-state index contributed by atoms with van der Waals surface area (Å²) in [6, 6.07) is 0.408. The minimum absolute atomic E-state index is 0.408. The zero-order valence-electron chi connectivity index (χ0n) is 7.47. The fourth-order valence-corrected chi connectivity index (χ4v) is 1.78. The van der Waals surface area contributed by atoms with Crippen molar-refractivity contribution in [3.05, 3.63) is 0 Å². The number of unbranched alkanes of at least 4 members (excludes halogenated alkanes) is 1. The summed E-state index contributed by atoms with van der Waals surface area (Å²) in [5, 5.41) is 3.37. The molecule has 0 aromatic rings. The van der Waals surface area contributed by atoms with Crippen molar-refractivity contribution in [2.75, 3.05) is 13.1 Å². The number of nitrogens with one attached hydrogen (secondary N) is 1. The van der Waals surface area contributed by atoms with E-state index in [2.05, 4.69) is 12.2 Å². The molecular weight excluding hydrogens is 136 g/mol. The summed E-state index contributed by atoms with van der Waals surface area (Å²) in [5.74, 6) is 0.846. The van der Waals surface area contributed by atoms with E-state index in [4.69, 9.17) is 5.73 Å². The second kappa shape index (κ2) is 4.73. The Labute approximate surface area is 69.5 Å². The van der Waals surface area contributed by atoms with Gasteiger partial charge in [0.15, 0.2) is 0 Å². The quantitative estimate of drug-likeness (QED) is 0.642. The van der Waals surface area contributed by atoms with Gasteiger partial charge < -0.3 is 11.1 Å². The van der Waals surface area contributed by atoms with Crippen LogP contribution in [0.1, 0.15) is 32.6 Å². The van der Waals surface area contributed by atoms with Crippen molar-refractivity contribution in [1.29, 1.82) is 0 Å². The first-order valence-corrected chi connectivity index (χ1v) is 4.79. The van der Waals surface area contributed by atoms with Gasteiger partial charge in [-0.1, -0.05) is 19.8 Å². The number of hydrogen-bond acceptors (Lipinski definition) is 2. The molecule has 0 aliphatic carbocycles. The predicted molar refractivity (Wildman–Crippen MR) is 48.5 cm³/mol. The second-order valence-electron chi connectivity index (χ2n) is 3.66. The molecule has 1 saturated heterocycles. The third-order valence-electron chi connectivity index (χ3n) is 2.44. The van der Waals surface area contributed by atoms with Crippen LogP contribution in [0.25, 0.3) is 0 Å². The van der Waals surface area contributed by atoms with Crippen LogP contribution in [0.2, 0.25) is 0 Å². The van der Waals surface area contributed by atoms with Gasteiger partial charge >= 0.3 is 0 Å². The van der Waals surface area contributed by atoms with E-state index < -0.39 is 0 Å². The van der Waals surface area contributed by atoms with Crippen molar-refractivity contribution in [2.45, 2.75) is 38.6 Å². The van der Waals surface area contributed by atoms with E-state index >= 15 is 0 Å². The van der Waals surface area contributed by atoms with Gasteiger partial charge in [0.2, 0.25) is 0 Å². The normalized spacial score (nSPS) is 32.2. The highest BCUT2D eigenvalue weighted by atomic mass is 14.9. The van der Waals surface area contributed by atoms with Crippen molar-refractivity contribution in [2.24, 2.45) is 11.7 Å². The summed E-state index contributed by atoms with van der Waals surface area (Å²) >= 11 is 0. The van der Waals surface area contributed by atoms with Crippen molar-refractivity contribution in [1.82, 2.24) is 5.32 Å². The number of rotatable bonds is 3. The van der Waals surface area contributed by atoms with Crippen LogP contribution in [0, 0.1) is 5.92 Å². The zero-order valence-corrected chi connectivity index (χ0v) is 7.47. The van der Waals surface area contributed by atoms with E-state index in [9.17, 15) is 0 Å². The maximum Gasteiger partial charge on any atom is 0.0168 e. The Balaban J connectivity index is 2.12. The Bertz CT molecular complexity index is 104. The highest BCUT2D eigenvalue weighted by Crippen LogP contribution is 2.15. The number of piperidine rings is 1. The van der Waals surface area contributed by atoms with Gasteiger partial charge in [-0.25, -0.2) is 0 Å². The van der Waals surface area contributed by atoms with Crippen LogP contribution in [0.5, 0.6) is 0 Å². The predicted octanol–water partition coefficient (Wildman–Crippen LogP) is 1.11. The van der Waals surface area contributed by atoms with Crippen molar-refractivity contribution < 1.29 is 0 Å². The Hall–Kier alpha value is -0.0800. The third kappa shape index (κ3) is 3.21. The van der Waals surface area contributed by atoms with Gasteiger partial charge in [-0.15, -0.1) is 0 Å². The summed E-state index contributed by atoms with van der Waals surface area (Å²) in [5.41, 5.74) is 5.83. The van der Waals surface area contributed by atoms with Gasteiger partial charge in [0.1, 0.15) is 0 Å². The van der Waals surface area contributed by atoms with Crippen molar-refractivity contribution in [3.8, 4) is 0 Å². The smallest absolute Gasteiger partial charge is 0.0168 e. The lowest BCUT2D eigenvalue weighted by atomic mass is 9.92. The molecule has 11 heavy (non-hydrogen) atoms. The number of nitrogens with two attached hydrogens (primary N) is 1. The van der Waals surface area contributed by atoms with Gasteiger partial charge in [-0.2, -0.15) is 0 Å². The lowest BCUT2D eigenvalue weighted by Gasteiger charge is -2.27. The van der Waals surface area contributed by atoms with E-state index in [-0.39, 0.29) is 0 Å². The minimum atomic E-state index is 0.408. The van der Waals surface area contributed by atoms with Gasteiger partial charge in [-0.3, -0.25) is 0 Å².